The Labute approximate surface area is 101 Å². The first-order valence-corrected chi connectivity index (χ1v) is 7.14. The van der Waals surface area contributed by atoms with Gasteiger partial charge in [0.25, 0.3) is 0 Å². The van der Waals surface area contributed by atoms with E-state index in [0.717, 1.165) is 19.3 Å². The van der Waals surface area contributed by atoms with Gasteiger partial charge in [0.05, 0.1) is 5.60 Å². The number of unbranched alkanes of at least 4 members (excludes halogenated alkanes) is 7. The van der Waals surface area contributed by atoms with Gasteiger partial charge in [-0.2, -0.15) is 0 Å². The fraction of sp³-hybridized carbons (Fsp3) is 1.00. The summed E-state index contributed by atoms with van der Waals surface area (Å²) >= 11 is 0. The van der Waals surface area contributed by atoms with Gasteiger partial charge in [0.1, 0.15) is 0 Å². The van der Waals surface area contributed by atoms with Crippen LogP contribution in [0, 0.1) is 0 Å². The Kier molecular flexibility index (Phi) is 6.37. The molecule has 0 aliphatic heterocycles. The van der Waals surface area contributed by atoms with Crippen LogP contribution in [0.2, 0.25) is 0 Å². The van der Waals surface area contributed by atoms with E-state index in [-0.39, 0.29) is 11.6 Å². The first-order chi connectivity index (χ1) is 7.66. The summed E-state index contributed by atoms with van der Waals surface area (Å²) in [7, 11) is 0. The second-order valence-electron chi connectivity index (χ2n) is 5.62. The molecule has 1 fully saturated rings. The average Bonchev–Trinajstić information content (AvgIpc) is 2.20. The van der Waals surface area contributed by atoms with Crippen LogP contribution in [-0.4, -0.2) is 16.7 Å². The topological polar surface area (TPSA) is 46.2 Å². The van der Waals surface area contributed by atoms with Crippen LogP contribution in [0.4, 0.5) is 0 Å². The molecule has 1 aliphatic rings. The molecule has 16 heavy (non-hydrogen) atoms. The summed E-state index contributed by atoms with van der Waals surface area (Å²) in [5.74, 6) is 0. The third-order valence-electron chi connectivity index (χ3n) is 3.78. The van der Waals surface area contributed by atoms with Crippen molar-refractivity contribution in [2.75, 3.05) is 0 Å². The lowest BCUT2D eigenvalue weighted by Gasteiger charge is -2.42. The lowest BCUT2D eigenvalue weighted by atomic mass is 9.73. The Hall–Kier alpha value is -0.0800. The molecule has 96 valence electrons. The van der Waals surface area contributed by atoms with Gasteiger partial charge in [-0.25, -0.2) is 0 Å². The van der Waals surface area contributed by atoms with Gasteiger partial charge in [-0.15, -0.1) is 0 Å². The Morgan fingerprint density at radius 2 is 1.50 bits per heavy atom. The minimum absolute atomic E-state index is 0.263. The Bertz CT molecular complexity index is 176. The first-order valence-electron chi connectivity index (χ1n) is 7.14. The maximum Gasteiger partial charge on any atom is 0.0677 e. The van der Waals surface area contributed by atoms with Gasteiger partial charge in [-0.3, -0.25) is 0 Å². The van der Waals surface area contributed by atoms with Crippen LogP contribution in [0.5, 0.6) is 0 Å². The molecular weight excluding hydrogens is 198 g/mol. The van der Waals surface area contributed by atoms with Crippen molar-refractivity contribution in [2.45, 2.75) is 89.2 Å². The highest BCUT2D eigenvalue weighted by molar-refractivity contribution is 4.96. The molecule has 1 aliphatic carbocycles. The van der Waals surface area contributed by atoms with Crippen LogP contribution in [-0.2, 0) is 0 Å². The van der Waals surface area contributed by atoms with Crippen molar-refractivity contribution >= 4 is 0 Å². The highest BCUT2D eigenvalue weighted by Gasteiger charge is 2.39. The summed E-state index contributed by atoms with van der Waals surface area (Å²) in [5.41, 5.74) is 5.31. The number of hydrogen-bond acceptors (Lipinski definition) is 2. The van der Waals surface area contributed by atoms with Crippen molar-refractivity contribution in [2.24, 2.45) is 5.73 Å². The van der Waals surface area contributed by atoms with E-state index in [4.69, 9.17) is 5.73 Å². The van der Waals surface area contributed by atoms with Crippen molar-refractivity contribution in [1.29, 1.82) is 0 Å². The molecular formula is C14H29NO. The van der Waals surface area contributed by atoms with Crippen LogP contribution in [0.1, 0.15) is 77.6 Å². The molecule has 0 spiro atoms. The molecule has 0 atom stereocenters. The summed E-state index contributed by atoms with van der Waals surface area (Å²) in [6, 6.07) is 0.263. The van der Waals surface area contributed by atoms with Gasteiger partial charge in [0.2, 0.25) is 0 Å². The Morgan fingerprint density at radius 1 is 1.00 bits per heavy atom. The second-order valence-corrected chi connectivity index (χ2v) is 5.62. The maximum atomic E-state index is 9.97. The normalized spacial score (nSPS) is 29.1. The summed E-state index contributed by atoms with van der Waals surface area (Å²) in [6.45, 7) is 2.25. The molecule has 0 heterocycles. The van der Waals surface area contributed by atoms with Crippen LogP contribution in [0.15, 0.2) is 0 Å². The van der Waals surface area contributed by atoms with Gasteiger partial charge >= 0.3 is 0 Å². The van der Waals surface area contributed by atoms with E-state index in [2.05, 4.69) is 6.92 Å². The van der Waals surface area contributed by atoms with Crippen molar-refractivity contribution in [3.63, 3.8) is 0 Å². The van der Waals surface area contributed by atoms with Crippen molar-refractivity contribution < 1.29 is 5.11 Å². The molecule has 1 saturated carbocycles. The van der Waals surface area contributed by atoms with E-state index in [0.29, 0.717) is 0 Å². The largest absolute Gasteiger partial charge is 0.390 e. The van der Waals surface area contributed by atoms with Gasteiger partial charge in [0.15, 0.2) is 0 Å². The number of aliphatic hydroxyl groups is 1. The lowest BCUT2D eigenvalue weighted by Crippen LogP contribution is -2.51. The molecule has 0 saturated heterocycles. The van der Waals surface area contributed by atoms with E-state index >= 15 is 0 Å². The molecule has 2 heteroatoms. The van der Waals surface area contributed by atoms with E-state index in [1.807, 2.05) is 0 Å². The van der Waals surface area contributed by atoms with Crippen LogP contribution in [0.3, 0.4) is 0 Å². The summed E-state index contributed by atoms with van der Waals surface area (Å²) in [6.07, 6.45) is 13.3. The van der Waals surface area contributed by atoms with Gasteiger partial charge in [-0.1, -0.05) is 58.3 Å². The fourth-order valence-electron chi connectivity index (χ4n) is 2.71. The molecule has 0 unspecified atom stereocenters. The molecule has 0 bridgehead atoms. The standard InChI is InChI=1S/C14H29NO/c1-2-3-4-5-6-7-8-9-10-14(16)11-13(15)12-14/h13,16H,2-12,15H2,1H3. The zero-order chi connectivity index (χ0) is 11.9. The minimum Gasteiger partial charge on any atom is -0.390 e. The molecule has 1 rings (SSSR count). The van der Waals surface area contributed by atoms with E-state index < -0.39 is 0 Å². The van der Waals surface area contributed by atoms with E-state index in [1.165, 1.54) is 51.4 Å². The van der Waals surface area contributed by atoms with Crippen molar-refractivity contribution in [3.05, 3.63) is 0 Å². The smallest absolute Gasteiger partial charge is 0.0677 e. The van der Waals surface area contributed by atoms with Crippen molar-refractivity contribution in [1.82, 2.24) is 0 Å². The zero-order valence-corrected chi connectivity index (χ0v) is 10.9. The van der Waals surface area contributed by atoms with E-state index in [1.54, 1.807) is 0 Å². The van der Waals surface area contributed by atoms with Crippen LogP contribution < -0.4 is 5.73 Å². The Balaban J connectivity index is 1.81. The summed E-state index contributed by atoms with van der Waals surface area (Å²) in [5, 5.41) is 9.97. The number of nitrogens with two attached hydrogens (primary N) is 1. The third-order valence-corrected chi connectivity index (χ3v) is 3.78. The predicted molar refractivity (Wildman–Crippen MR) is 69.4 cm³/mol. The van der Waals surface area contributed by atoms with E-state index in [9.17, 15) is 5.11 Å². The highest BCUT2D eigenvalue weighted by atomic mass is 16.3. The zero-order valence-electron chi connectivity index (χ0n) is 10.9. The molecule has 0 radical (unpaired) electrons. The molecule has 2 nitrogen and oxygen atoms in total. The second kappa shape index (κ2) is 7.29. The fourth-order valence-corrected chi connectivity index (χ4v) is 2.71. The molecule has 0 aromatic heterocycles. The summed E-state index contributed by atoms with van der Waals surface area (Å²) in [4.78, 5) is 0. The monoisotopic (exact) mass is 227 g/mol. The molecule has 0 amide bonds. The molecule has 0 aromatic carbocycles. The number of rotatable bonds is 9. The number of hydrogen-bond donors (Lipinski definition) is 2. The molecule has 3 N–H and O–H groups in total. The molecule has 0 aromatic rings. The maximum absolute atomic E-state index is 9.97. The van der Waals surface area contributed by atoms with Crippen LogP contribution in [0.25, 0.3) is 0 Å². The highest BCUT2D eigenvalue weighted by Crippen LogP contribution is 2.35. The minimum atomic E-state index is -0.387. The van der Waals surface area contributed by atoms with Gasteiger partial charge in [-0.05, 0) is 19.3 Å². The quantitative estimate of drug-likeness (QED) is 0.593. The average molecular weight is 227 g/mol. The van der Waals surface area contributed by atoms with Gasteiger partial charge in [0, 0.05) is 6.04 Å². The lowest BCUT2D eigenvalue weighted by molar-refractivity contribution is -0.0546. The van der Waals surface area contributed by atoms with Gasteiger partial charge < -0.3 is 10.8 Å². The van der Waals surface area contributed by atoms with Crippen LogP contribution >= 0.6 is 0 Å². The first kappa shape index (κ1) is 14.0. The SMILES string of the molecule is CCCCCCCCCCC1(O)CC(N)C1. The third kappa shape index (κ3) is 5.31. The van der Waals surface area contributed by atoms with Crippen molar-refractivity contribution in [3.8, 4) is 0 Å². The predicted octanol–water partition coefficient (Wildman–Crippen LogP) is 3.37. The summed E-state index contributed by atoms with van der Waals surface area (Å²) < 4.78 is 0. The Morgan fingerprint density at radius 3 is 2.00 bits per heavy atom.